The molecule has 0 aromatic heterocycles. The van der Waals surface area contributed by atoms with E-state index < -0.39 is 30.1 Å². The van der Waals surface area contributed by atoms with Gasteiger partial charge < -0.3 is 24.8 Å². The predicted octanol–water partition coefficient (Wildman–Crippen LogP) is 1.85. The lowest BCUT2D eigenvalue weighted by Crippen LogP contribution is -2.32. The fourth-order valence-corrected chi connectivity index (χ4v) is 2.58. The van der Waals surface area contributed by atoms with Crippen LogP contribution in [0, 0.1) is 5.92 Å². The van der Waals surface area contributed by atoms with Gasteiger partial charge in [-0.25, -0.2) is 4.79 Å². The summed E-state index contributed by atoms with van der Waals surface area (Å²) in [6, 6.07) is 2.85. The van der Waals surface area contributed by atoms with Crippen molar-refractivity contribution in [3.63, 3.8) is 0 Å². The molecule has 1 aromatic carbocycles. The zero-order valence-electron chi connectivity index (χ0n) is 15.5. The predicted molar refractivity (Wildman–Crippen MR) is 98.5 cm³/mol. The van der Waals surface area contributed by atoms with E-state index in [-0.39, 0.29) is 23.7 Å². The van der Waals surface area contributed by atoms with Gasteiger partial charge in [0.15, 0.2) is 5.78 Å². The van der Waals surface area contributed by atoms with Crippen LogP contribution in [0.1, 0.15) is 36.2 Å². The number of carbonyl (C=O) groups excluding carboxylic acids is 2. The number of aromatic hydroxyl groups is 1. The molecule has 4 atom stereocenters. The number of phenols is 1. The summed E-state index contributed by atoms with van der Waals surface area (Å²) in [4.78, 5) is 24.6. The molecule has 27 heavy (non-hydrogen) atoms. The molecular formula is C20H24O7. The molecule has 0 saturated heterocycles. The number of hydrogen-bond donors (Lipinski definition) is 3. The molecule has 1 heterocycles. The van der Waals surface area contributed by atoms with Crippen LogP contribution in [0.4, 0.5) is 0 Å². The van der Waals surface area contributed by atoms with Crippen molar-refractivity contribution in [1.29, 1.82) is 0 Å². The van der Waals surface area contributed by atoms with Crippen LogP contribution in [0.25, 0.3) is 6.08 Å². The standard InChI is InChI=1S/C20H24O7/c1-11-7-8-16(22)19(24)15(21)6-4-5-13-9-14(26-3)10-17(23)18(13)20(25)27-12(11)2/h4-5,7-12,15,19,21,23-24H,6H2,1-3H3/b5-4+,8-7-/t11-,12?,15?,19+/m1/s1. The van der Waals surface area contributed by atoms with E-state index in [1.807, 2.05) is 0 Å². The zero-order chi connectivity index (χ0) is 20.1. The van der Waals surface area contributed by atoms with E-state index in [9.17, 15) is 24.9 Å². The molecule has 0 spiro atoms. The fraction of sp³-hybridized carbons (Fsp3) is 0.400. The van der Waals surface area contributed by atoms with Gasteiger partial charge in [-0.05, 0) is 31.1 Å². The molecule has 146 valence electrons. The summed E-state index contributed by atoms with van der Waals surface area (Å²) < 4.78 is 10.5. The molecule has 1 aliphatic heterocycles. The summed E-state index contributed by atoms with van der Waals surface area (Å²) in [5, 5.41) is 30.2. The minimum atomic E-state index is -1.56. The second-order valence-corrected chi connectivity index (χ2v) is 6.49. The first-order valence-corrected chi connectivity index (χ1v) is 8.61. The number of phenolic OH excluding ortho intramolecular Hbond substituents is 1. The van der Waals surface area contributed by atoms with E-state index >= 15 is 0 Å². The van der Waals surface area contributed by atoms with Gasteiger partial charge in [-0.1, -0.05) is 25.2 Å². The van der Waals surface area contributed by atoms with Crippen LogP contribution in [-0.2, 0) is 9.53 Å². The van der Waals surface area contributed by atoms with E-state index in [1.54, 1.807) is 19.9 Å². The first kappa shape index (κ1) is 20.7. The molecule has 7 nitrogen and oxygen atoms in total. The molecule has 0 radical (unpaired) electrons. The summed E-state index contributed by atoms with van der Waals surface area (Å²) in [6.07, 6.45) is 2.19. The smallest absolute Gasteiger partial charge is 0.342 e. The Kier molecular flexibility index (Phi) is 6.76. The van der Waals surface area contributed by atoms with Crippen LogP contribution < -0.4 is 4.74 Å². The molecule has 7 heteroatoms. The number of hydrogen-bond acceptors (Lipinski definition) is 7. The van der Waals surface area contributed by atoms with Crippen molar-refractivity contribution in [2.24, 2.45) is 5.92 Å². The number of ketones is 1. The number of aliphatic hydroxyl groups is 2. The van der Waals surface area contributed by atoms with E-state index in [0.717, 1.165) is 0 Å². The fourth-order valence-electron chi connectivity index (χ4n) is 2.58. The van der Waals surface area contributed by atoms with Gasteiger partial charge in [-0.3, -0.25) is 4.79 Å². The van der Waals surface area contributed by atoms with Crippen molar-refractivity contribution in [2.75, 3.05) is 7.11 Å². The first-order valence-electron chi connectivity index (χ1n) is 8.61. The van der Waals surface area contributed by atoms with Crippen LogP contribution in [0.3, 0.4) is 0 Å². The first-order chi connectivity index (χ1) is 12.7. The topological polar surface area (TPSA) is 113 Å². The number of cyclic esters (lactones) is 1. The van der Waals surface area contributed by atoms with Crippen LogP contribution in [-0.4, -0.2) is 52.5 Å². The van der Waals surface area contributed by atoms with Crippen molar-refractivity contribution in [1.82, 2.24) is 0 Å². The number of esters is 1. The highest BCUT2D eigenvalue weighted by molar-refractivity contribution is 5.97. The van der Waals surface area contributed by atoms with E-state index in [0.29, 0.717) is 11.3 Å². The largest absolute Gasteiger partial charge is 0.507 e. The molecule has 0 fully saturated rings. The zero-order valence-corrected chi connectivity index (χ0v) is 15.5. The monoisotopic (exact) mass is 376 g/mol. The Hall–Kier alpha value is -2.64. The lowest BCUT2D eigenvalue weighted by molar-refractivity contribution is -0.127. The number of methoxy groups -OCH3 is 1. The summed E-state index contributed by atoms with van der Waals surface area (Å²) in [5.74, 6) is -1.63. The Morgan fingerprint density at radius 2 is 1.85 bits per heavy atom. The number of ether oxygens (including phenoxy) is 2. The second-order valence-electron chi connectivity index (χ2n) is 6.49. The highest BCUT2D eigenvalue weighted by Gasteiger charge is 2.25. The maximum absolute atomic E-state index is 12.6. The molecule has 0 aliphatic carbocycles. The minimum Gasteiger partial charge on any atom is -0.507 e. The molecule has 0 bridgehead atoms. The molecule has 0 amide bonds. The second kappa shape index (κ2) is 8.83. The van der Waals surface area contributed by atoms with Crippen molar-refractivity contribution in [2.45, 2.75) is 38.6 Å². The number of rotatable bonds is 1. The van der Waals surface area contributed by atoms with Gasteiger partial charge in [0.05, 0.1) is 13.2 Å². The summed E-state index contributed by atoms with van der Waals surface area (Å²) in [6.45, 7) is 3.40. The van der Waals surface area contributed by atoms with Gasteiger partial charge in [0.25, 0.3) is 0 Å². The maximum Gasteiger partial charge on any atom is 0.342 e. The highest BCUT2D eigenvalue weighted by Crippen LogP contribution is 2.30. The van der Waals surface area contributed by atoms with Gasteiger partial charge in [-0.15, -0.1) is 0 Å². The molecule has 1 aromatic rings. The van der Waals surface area contributed by atoms with Gasteiger partial charge in [0.1, 0.15) is 29.3 Å². The Labute approximate surface area is 157 Å². The highest BCUT2D eigenvalue weighted by atomic mass is 16.5. The summed E-state index contributed by atoms with van der Waals surface area (Å²) in [5.41, 5.74) is 0.301. The third kappa shape index (κ3) is 4.96. The number of benzene rings is 1. The van der Waals surface area contributed by atoms with Gasteiger partial charge in [0, 0.05) is 12.0 Å². The lowest BCUT2D eigenvalue weighted by Gasteiger charge is -2.20. The van der Waals surface area contributed by atoms with Crippen molar-refractivity contribution >= 4 is 17.8 Å². The summed E-state index contributed by atoms with van der Waals surface area (Å²) >= 11 is 0. The number of fused-ring (bicyclic) bond motifs is 1. The molecule has 0 saturated carbocycles. The molecular weight excluding hydrogens is 352 g/mol. The summed E-state index contributed by atoms with van der Waals surface area (Å²) in [7, 11) is 1.42. The van der Waals surface area contributed by atoms with E-state index in [2.05, 4.69) is 0 Å². The average Bonchev–Trinajstić information content (AvgIpc) is 2.63. The molecule has 3 N–H and O–H groups in total. The number of aliphatic hydroxyl groups excluding tert-OH is 2. The van der Waals surface area contributed by atoms with Gasteiger partial charge >= 0.3 is 5.97 Å². The van der Waals surface area contributed by atoms with Gasteiger partial charge in [0.2, 0.25) is 0 Å². The van der Waals surface area contributed by atoms with Crippen LogP contribution >= 0.6 is 0 Å². The quantitative estimate of drug-likeness (QED) is 0.641. The third-order valence-electron chi connectivity index (χ3n) is 4.49. The Morgan fingerprint density at radius 1 is 1.15 bits per heavy atom. The minimum absolute atomic E-state index is 0.0286. The maximum atomic E-state index is 12.6. The Morgan fingerprint density at radius 3 is 2.52 bits per heavy atom. The average molecular weight is 376 g/mol. The Bertz CT molecular complexity index is 766. The van der Waals surface area contributed by atoms with E-state index in [4.69, 9.17) is 9.47 Å². The Balaban J connectivity index is 2.50. The van der Waals surface area contributed by atoms with Crippen molar-refractivity contribution in [3.05, 3.63) is 41.5 Å². The van der Waals surface area contributed by atoms with Crippen molar-refractivity contribution < 1.29 is 34.4 Å². The van der Waals surface area contributed by atoms with E-state index in [1.165, 1.54) is 37.5 Å². The van der Waals surface area contributed by atoms with Crippen LogP contribution in [0.2, 0.25) is 0 Å². The number of carbonyl (C=O) groups is 2. The van der Waals surface area contributed by atoms with Crippen molar-refractivity contribution in [3.8, 4) is 11.5 Å². The third-order valence-corrected chi connectivity index (χ3v) is 4.49. The normalized spacial score (nSPS) is 29.2. The molecule has 2 rings (SSSR count). The molecule has 1 aliphatic rings. The van der Waals surface area contributed by atoms with Crippen LogP contribution in [0.15, 0.2) is 30.4 Å². The lowest BCUT2D eigenvalue weighted by atomic mass is 9.99. The van der Waals surface area contributed by atoms with Crippen LogP contribution in [0.5, 0.6) is 11.5 Å². The SMILES string of the molecule is COc1cc(O)c2c(c1)/C=C/CC(O)[C@H](O)C(=O)/C=C\[C@@H](C)C(C)OC2=O. The van der Waals surface area contributed by atoms with Gasteiger partial charge in [-0.2, -0.15) is 0 Å². The molecule has 2 unspecified atom stereocenters.